The van der Waals surface area contributed by atoms with Crippen LogP contribution in [0, 0.1) is 0 Å². The average molecular weight is 345 g/mol. The van der Waals surface area contributed by atoms with Gasteiger partial charge in [-0.2, -0.15) is 0 Å². The third-order valence-electron chi connectivity index (χ3n) is 2.84. The van der Waals surface area contributed by atoms with Gasteiger partial charge in [0.15, 0.2) is 0 Å². The molecule has 2 aromatic heterocycles. The van der Waals surface area contributed by atoms with Crippen molar-refractivity contribution in [2.45, 2.75) is 32.9 Å². The third-order valence-corrected chi connectivity index (χ3v) is 4.36. The predicted molar refractivity (Wildman–Crippen MR) is 89.9 cm³/mol. The van der Waals surface area contributed by atoms with Crippen LogP contribution in [-0.2, 0) is 0 Å². The second-order valence-corrected chi connectivity index (χ2v) is 7.18. The molecule has 6 heteroatoms. The SMILES string of the molecule is CCNC(c1cncc(OC(C)C)c1)c1cc(Cl)sc1Cl. The number of hydrogen-bond acceptors (Lipinski definition) is 4. The van der Waals surface area contributed by atoms with Crippen molar-refractivity contribution in [2.24, 2.45) is 0 Å². The summed E-state index contributed by atoms with van der Waals surface area (Å²) in [5.74, 6) is 0.753. The van der Waals surface area contributed by atoms with E-state index in [1.165, 1.54) is 11.3 Å². The molecule has 0 amide bonds. The lowest BCUT2D eigenvalue weighted by molar-refractivity contribution is 0.241. The fourth-order valence-corrected chi connectivity index (χ4v) is 3.62. The molecule has 0 saturated heterocycles. The zero-order valence-corrected chi connectivity index (χ0v) is 14.5. The largest absolute Gasteiger partial charge is 0.489 e. The minimum Gasteiger partial charge on any atom is -0.489 e. The summed E-state index contributed by atoms with van der Waals surface area (Å²) < 4.78 is 7.08. The first-order valence-corrected chi connectivity index (χ1v) is 8.38. The summed E-state index contributed by atoms with van der Waals surface area (Å²) in [6.07, 6.45) is 3.65. The first kappa shape index (κ1) is 16.6. The zero-order valence-electron chi connectivity index (χ0n) is 12.2. The zero-order chi connectivity index (χ0) is 15.4. The van der Waals surface area contributed by atoms with Crippen molar-refractivity contribution in [3.63, 3.8) is 0 Å². The number of aromatic nitrogens is 1. The molecule has 0 saturated carbocycles. The van der Waals surface area contributed by atoms with Crippen molar-refractivity contribution in [2.75, 3.05) is 6.54 Å². The van der Waals surface area contributed by atoms with Gasteiger partial charge in [0.1, 0.15) is 5.75 Å². The number of nitrogens with one attached hydrogen (secondary N) is 1. The van der Waals surface area contributed by atoms with Crippen LogP contribution in [0.3, 0.4) is 0 Å². The molecule has 2 rings (SSSR count). The van der Waals surface area contributed by atoms with Crippen LogP contribution >= 0.6 is 34.5 Å². The molecule has 0 aliphatic heterocycles. The maximum absolute atomic E-state index is 6.29. The fraction of sp³-hybridized carbons (Fsp3) is 0.400. The van der Waals surface area contributed by atoms with E-state index < -0.39 is 0 Å². The lowest BCUT2D eigenvalue weighted by Crippen LogP contribution is -2.22. The number of rotatable bonds is 6. The van der Waals surface area contributed by atoms with E-state index in [-0.39, 0.29) is 12.1 Å². The van der Waals surface area contributed by atoms with E-state index in [9.17, 15) is 0 Å². The Balaban J connectivity index is 2.36. The van der Waals surface area contributed by atoms with Gasteiger partial charge in [-0.05, 0) is 38.1 Å². The van der Waals surface area contributed by atoms with Crippen molar-refractivity contribution < 1.29 is 4.74 Å². The highest BCUT2D eigenvalue weighted by atomic mass is 35.5. The van der Waals surface area contributed by atoms with E-state index in [0.29, 0.717) is 8.67 Å². The van der Waals surface area contributed by atoms with Crippen LogP contribution in [0.4, 0.5) is 0 Å². The van der Waals surface area contributed by atoms with Crippen LogP contribution in [0.2, 0.25) is 8.67 Å². The Bertz CT molecular complexity index is 601. The van der Waals surface area contributed by atoms with Crippen LogP contribution in [0.15, 0.2) is 24.5 Å². The average Bonchev–Trinajstić information content (AvgIpc) is 2.74. The summed E-state index contributed by atoms with van der Waals surface area (Å²) in [5.41, 5.74) is 1.98. The Hall–Kier alpha value is -0.810. The summed E-state index contributed by atoms with van der Waals surface area (Å²) in [6, 6.07) is 3.84. The molecule has 0 bridgehead atoms. The van der Waals surface area contributed by atoms with Crippen molar-refractivity contribution >= 4 is 34.5 Å². The van der Waals surface area contributed by atoms with Crippen LogP contribution in [0.25, 0.3) is 0 Å². The number of thiophene rings is 1. The molecule has 114 valence electrons. The van der Waals surface area contributed by atoms with Gasteiger partial charge in [-0.1, -0.05) is 30.1 Å². The molecule has 2 heterocycles. The van der Waals surface area contributed by atoms with Crippen LogP contribution in [-0.4, -0.2) is 17.6 Å². The molecule has 1 N–H and O–H groups in total. The van der Waals surface area contributed by atoms with E-state index in [1.807, 2.05) is 32.2 Å². The first-order chi connectivity index (χ1) is 10.0. The van der Waals surface area contributed by atoms with Crippen molar-refractivity contribution in [1.82, 2.24) is 10.3 Å². The lowest BCUT2D eigenvalue weighted by Gasteiger charge is -2.19. The van der Waals surface area contributed by atoms with Gasteiger partial charge >= 0.3 is 0 Å². The number of halogens is 2. The molecule has 0 spiro atoms. The Morgan fingerprint density at radius 3 is 2.62 bits per heavy atom. The normalized spacial score (nSPS) is 12.7. The molecule has 0 radical (unpaired) electrons. The quantitative estimate of drug-likeness (QED) is 0.806. The fourth-order valence-electron chi connectivity index (χ4n) is 2.09. The summed E-state index contributed by atoms with van der Waals surface area (Å²) in [5, 5.41) is 3.42. The summed E-state index contributed by atoms with van der Waals surface area (Å²) in [7, 11) is 0. The Morgan fingerprint density at radius 1 is 1.29 bits per heavy atom. The van der Waals surface area contributed by atoms with Gasteiger partial charge in [0.25, 0.3) is 0 Å². The van der Waals surface area contributed by atoms with Gasteiger partial charge in [-0.15, -0.1) is 11.3 Å². The number of hydrogen-bond donors (Lipinski definition) is 1. The van der Waals surface area contributed by atoms with Crippen molar-refractivity contribution in [3.05, 3.63) is 44.3 Å². The van der Waals surface area contributed by atoms with Gasteiger partial charge in [0.05, 0.1) is 27.0 Å². The van der Waals surface area contributed by atoms with Crippen molar-refractivity contribution in [3.8, 4) is 5.75 Å². The van der Waals surface area contributed by atoms with Gasteiger partial charge in [0.2, 0.25) is 0 Å². The summed E-state index contributed by atoms with van der Waals surface area (Å²) >= 11 is 13.7. The molecule has 0 aliphatic rings. The topological polar surface area (TPSA) is 34.2 Å². The maximum atomic E-state index is 6.29. The molecule has 1 atom stereocenters. The van der Waals surface area contributed by atoms with Crippen LogP contribution < -0.4 is 10.1 Å². The number of pyridine rings is 1. The van der Waals surface area contributed by atoms with E-state index in [1.54, 1.807) is 6.20 Å². The maximum Gasteiger partial charge on any atom is 0.138 e. The van der Waals surface area contributed by atoms with E-state index in [4.69, 9.17) is 27.9 Å². The first-order valence-electron chi connectivity index (χ1n) is 6.81. The van der Waals surface area contributed by atoms with E-state index >= 15 is 0 Å². The third kappa shape index (κ3) is 4.33. The van der Waals surface area contributed by atoms with Gasteiger partial charge in [-0.25, -0.2) is 0 Å². The highest BCUT2D eigenvalue weighted by Gasteiger charge is 2.19. The van der Waals surface area contributed by atoms with Gasteiger partial charge in [0, 0.05) is 11.8 Å². The van der Waals surface area contributed by atoms with E-state index in [2.05, 4.69) is 17.2 Å². The number of nitrogens with zero attached hydrogens (tertiary/aromatic N) is 1. The molecular formula is C15H18Cl2N2OS. The van der Waals surface area contributed by atoms with Gasteiger partial charge < -0.3 is 10.1 Å². The Morgan fingerprint density at radius 2 is 2.05 bits per heavy atom. The lowest BCUT2D eigenvalue weighted by atomic mass is 10.0. The monoisotopic (exact) mass is 344 g/mol. The summed E-state index contributed by atoms with van der Waals surface area (Å²) in [6.45, 7) is 6.84. The molecule has 0 fully saturated rings. The van der Waals surface area contributed by atoms with Gasteiger partial charge in [-0.3, -0.25) is 4.98 Å². The Labute approximate surface area is 139 Å². The molecule has 21 heavy (non-hydrogen) atoms. The second kappa shape index (κ2) is 7.45. The molecule has 3 nitrogen and oxygen atoms in total. The van der Waals surface area contributed by atoms with Crippen LogP contribution in [0.5, 0.6) is 5.75 Å². The van der Waals surface area contributed by atoms with Crippen molar-refractivity contribution in [1.29, 1.82) is 0 Å². The number of ether oxygens (including phenoxy) is 1. The smallest absolute Gasteiger partial charge is 0.138 e. The highest BCUT2D eigenvalue weighted by Crippen LogP contribution is 2.37. The minimum absolute atomic E-state index is 0.0468. The minimum atomic E-state index is -0.0468. The molecule has 1 unspecified atom stereocenters. The predicted octanol–water partition coefficient (Wildman–Crippen LogP) is 4.94. The standard InChI is InChI=1S/C15H18Cl2N2OS/c1-4-19-14(12-6-13(16)21-15(12)17)10-5-11(8-18-7-10)20-9(2)3/h5-9,14,19H,4H2,1-3H3. The van der Waals surface area contributed by atoms with Crippen LogP contribution in [0.1, 0.15) is 37.9 Å². The second-order valence-electron chi connectivity index (χ2n) is 4.89. The molecule has 0 aromatic carbocycles. The molecular weight excluding hydrogens is 327 g/mol. The highest BCUT2D eigenvalue weighted by molar-refractivity contribution is 7.20. The Kier molecular flexibility index (Phi) is 5.88. The molecule has 0 aliphatic carbocycles. The van der Waals surface area contributed by atoms with E-state index in [0.717, 1.165) is 23.4 Å². The summed E-state index contributed by atoms with van der Waals surface area (Å²) in [4.78, 5) is 4.27. The molecule has 2 aromatic rings.